The van der Waals surface area contributed by atoms with Crippen molar-refractivity contribution in [3.63, 3.8) is 0 Å². The van der Waals surface area contributed by atoms with Gasteiger partial charge in [-0.3, -0.25) is 4.57 Å². The third-order valence-corrected chi connectivity index (χ3v) is 3.08. The van der Waals surface area contributed by atoms with Crippen molar-refractivity contribution in [2.24, 2.45) is 0 Å². The van der Waals surface area contributed by atoms with Crippen LogP contribution < -0.4 is 11.4 Å². The zero-order valence-corrected chi connectivity index (χ0v) is 11.9. The first-order valence-electron chi connectivity index (χ1n) is 6.96. The molecule has 0 saturated heterocycles. The third kappa shape index (κ3) is 2.71. The molecule has 5 nitrogen and oxygen atoms in total. The molecular formula is C15H19N3O2. The molecule has 0 unspecified atom stereocenters. The first-order valence-corrected chi connectivity index (χ1v) is 6.96. The molecule has 1 aromatic heterocycles. The number of hydrogen-bond donors (Lipinski definition) is 0. The second-order valence-corrected chi connectivity index (χ2v) is 4.67. The Balaban J connectivity index is 2.69. The molecule has 0 fully saturated rings. The monoisotopic (exact) mass is 273 g/mol. The molecule has 0 N–H and O–H groups in total. The summed E-state index contributed by atoms with van der Waals surface area (Å²) in [5.41, 5.74) is 0.0504. The Bertz CT molecular complexity index is 687. The molecule has 0 amide bonds. The van der Waals surface area contributed by atoms with Crippen LogP contribution in [0.25, 0.3) is 11.4 Å². The van der Waals surface area contributed by atoms with E-state index in [1.165, 1.54) is 4.57 Å². The van der Waals surface area contributed by atoms with E-state index in [2.05, 4.69) is 4.98 Å². The number of rotatable bonds is 5. The Morgan fingerprint density at radius 2 is 1.55 bits per heavy atom. The predicted octanol–water partition coefficient (Wildman–Crippen LogP) is 1.89. The van der Waals surface area contributed by atoms with Crippen molar-refractivity contribution in [3.05, 3.63) is 51.3 Å². The first kappa shape index (κ1) is 14.2. The number of benzene rings is 1. The minimum absolute atomic E-state index is 0.271. The number of nitrogens with zero attached hydrogens (tertiary/aromatic N) is 3. The average Bonchev–Trinajstić information content (AvgIpc) is 2.47. The fourth-order valence-electron chi connectivity index (χ4n) is 2.18. The van der Waals surface area contributed by atoms with Crippen molar-refractivity contribution in [2.45, 2.75) is 39.8 Å². The van der Waals surface area contributed by atoms with E-state index in [9.17, 15) is 9.59 Å². The van der Waals surface area contributed by atoms with E-state index < -0.39 is 5.69 Å². The molecule has 106 valence electrons. The molecule has 0 atom stereocenters. The fraction of sp³-hybridized carbons (Fsp3) is 0.400. The lowest BCUT2D eigenvalue weighted by Gasteiger charge is -2.13. The summed E-state index contributed by atoms with van der Waals surface area (Å²) in [7, 11) is 0. The van der Waals surface area contributed by atoms with E-state index in [1.54, 1.807) is 4.57 Å². The molecule has 0 aliphatic heterocycles. The third-order valence-electron chi connectivity index (χ3n) is 3.08. The van der Waals surface area contributed by atoms with Gasteiger partial charge in [0.2, 0.25) is 0 Å². The van der Waals surface area contributed by atoms with Gasteiger partial charge >= 0.3 is 11.4 Å². The van der Waals surface area contributed by atoms with Crippen LogP contribution in [0.3, 0.4) is 0 Å². The molecule has 0 aliphatic rings. The Labute approximate surface area is 117 Å². The van der Waals surface area contributed by atoms with Gasteiger partial charge in [-0.1, -0.05) is 44.2 Å². The summed E-state index contributed by atoms with van der Waals surface area (Å²) in [6, 6.07) is 9.35. The van der Waals surface area contributed by atoms with Crippen molar-refractivity contribution in [3.8, 4) is 11.4 Å². The normalized spacial score (nSPS) is 10.7. The largest absolute Gasteiger partial charge is 0.353 e. The summed E-state index contributed by atoms with van der Waals surface area (Å²) in [4.78, 5) is 28.6. The lowest BCUT2D eigenvalue weighted by Crippen LogP contribution is -2.42. The molecule has 0 spiro atoms. The first-order chi connectivity index (χ1) is 9.69. The summed E-state index contributed by atoms with van der Waals surface area (Å²) >= 11 is 0. The van der Waals surface area contributed by atoms with Crippen LogP contribution >= 0.6 is 0 Å². The van der Waals surface area contributed by atoms with Gasteiger partial charge in [-0.05, 0) is 12.8 Å². The zero-order valence-electron chi connectivity index (χ0n) is 11.9. The van der Waals surface area contributed by atoms with Crippen molar-refractivity contribution < 1.29 is 0 Å². The Hall–Kier alpha value is -2.17. The molecule has 2 aromatic rings. The Morgan fingerprint density at radius 1 is 0.950 bits per heavy atom. The highest BCUT2D eigenvalue weighted by Crippen LogP contribution is 2.13. The maximum absolute atomic E-state index is 12.4. The minimum atomic E-state index is -0.469. The van der Waals surface area contributed by atoms with Crippen LogP contribution in [0, 0.1) is 0 Å². The fourth-order valence-corrected chi connectivity index (χ4v) is 2.18. The smallest absolute Gasteiger partial charge is 0.277 e. The van der Waals surface area contributed by atoms with Gasteiger partial charge in [0.05, 0.1) is 0 Å². The topological polar surface area (TPSA) is 56.9 Å². The van der Waals surface area contributed by atoms with Gasteiger partial charge in [-0.25, -0.2) is 14.2 Å². The van der Waals surface area contributed by atoms with Crippen molar-refractivity contribution in [2.75, 3.05) is 0 Å². The van der Waals surface area contributed by atoms with Gasteiger partial charge in [0.15, 0.2) is 0 Å². The zero-order chi connectivity index (χ0) is 14.5. The summed E-state index contributed by atoms with van der Waals surface area (Å²) in [6.07, 6.45) is 1.54. The summed E-state index contributed by atoms with van der Waals surface area (Å²) in [5, 5.41) is 0. The summed E-state index contributed by atoms with van der Waals surface area (Å²) < 4.78 is 2.80. The molecule has 0 saturated carbocycles. The van der Waals surface area contributed by atoms with Gasteiger partial charge < -0.3 is 0 Å². The van der Waals surface area contributed by atoms with Crippen LogP contribution in [0.4, 0.5) is 0 Å². The molecule has 20 heavy (non-hydrogen) atoms. The number of hydrogen-bond acceptors (Lipinski definition) is 3. The molecule has 0 bridgehead atoms. The Morgan fingerprint density at radius 3 is 2.15 bits per heavy atom. The molecule has 5 heteroatoms. The van der Waals surface area contributed by atoms with Crippen LogP contribution in [0.2, 0.25) is 0 Å². The molecule has 0 aliphatic carbocycles. The van der Waals surface area contributed by atoms with Crippen LogP contribution in [0.15, 0.2) is 39.9 Å². The standard InChI is InChI=1S/C15H19N3O2/c1-3-10-17-13(12-8-6-5-7-9-12)16-14(19)18(11-4-2)15(17)20/h5-9H,3-4,10-11H2,1-2H3. The van der Waals surface area contributed by atoms with Crippen LogP contribution in [0.1, 0.15) is 26.7 Å². The van der Waals surface area contributed by atoms with E-state index in [4.69, 9.17) is 0 Å². The van der Waals surface area contributed by atoms with Gasteiger partial charge in [-0.15, -0.1) is 0 Å². The maximum atomic E-state index is 12.4. The van der Waals surface area contributed by atoms with Crippen LogP contribution in [0.5, 0.6) is 0 Å². The molecule has 1 aromatic carbocycles. The predicted molar refractivity (Wildman–Crippen MR) is 78.8 cm³/mol. The lowest BCUT2D eigenvalue weighted by molar-refractivity contribution is 0.523. The number of aromatic nitrogens is 3. The Kier molecular flexibility index (Phi) is 4.50. The second-order valence-electron chi connectivity index (χ2n) is 4.67. The van der Waals surface area contributed by atoms with Gasteiger partial charge in [-0.2, -0.15) is 4.98 Å². The van der Waals surface area contributed by atoms with E-state index in [1.807, 2.05) is 44.2 Å². The highest BCUT2D eigenvalue weighted by Gasteiger charge is 2.13. The quantitative estimate of drug-likeness (QED) is 0.836. The SMILES string of the molecule is CCCn1c(-c2ccccc2)nc(=O)n(CCC)c1=O. The molecular weight excluding hydrogens is 254 g/mol. The van der Waals surface area contributed by atoms with Crippen LogP contribution in [-0.4, -0.2) is 14.1 Å². The highest BCUT2D eigenvalue weighted by atomic mass is 16.2. The summed E-state index contributed by atoms with van der Waals surface area (Å²) in [5.74, 6) is 0.454. The van der Waals surface area contributed by atoms with Crippen molar-refractivity contribution in [1.29, 1.82) is 0 Å². The minimum Gasteiger partial charge on any atom is -0.277 e. The van der Waals surface area contributed by atoms with Gasteiger partial charge in [0.25, 0.3) is 0 Å². The lowest BCUT2D eigenvalue weighted by atomic mass is 10.2. The van der Waals surface area contributed by atoms with Crippen LogP contribution in [-0.2, 0) is 13.1 Å². The molecule has 2 rings (SSSR count). The maximum Gasteiger partial charge on any atom is 0.353 e. The van der Waals surface area contributed by atoms with E-state index in [0.29, 0.717) is 18.9 Å². The van der Waals surface area contributed by atoms with Gasteiger partial charge in [0, 0.05) is 18.7 Å². The van der Waals surface area contributed by atoms with E-state index in [-0.39, 0.29) is 5.69 Å². The highest BCUT2D eigenvalue weighted by molar-refractivity contribution is 5.54. The molecule has 0 radical (unpaired) electrons. The van der Waals surface area contributed by atoms with Crippen molar-refractivity contribution >= 4 is 0 Å². The summed E-state index contributed by atoms with van der Waals surface area (Å²) in [6.45, 7) is 4.89. The average molecular weight is 273 g/mol. The molecule has 1 heterocycles. The van der Waals surface area contributed by atoms with E-state index >= 15 is 0 Å². The van der Waals surface area contributed by atoms with Gasteiger partial charge in [0.1, 0.15) is 5.82 Å². The van der Waals surface area contributed by atoms with E-state index in [0.717, 1.165) is 18.4 Å². The van der Waals surface area contributed by atoms with Crippen molar-refractivity contribution in [1.82, 2.24) is 14.1 Å². The second kappa shape index (κ2) is 6.32.